The highest BCUT2D eigenvalue weighted by Crippen LogP contribution is 2.30. The minimum atomic E-state index is -0.210. The molecule has 1 heterocycles. The first-order valence-electron chi connectivity index (χ1n) is 10.1. The van der Waals surface area contributed by atoms with E-state index in [0.29, 0.717) is 24.8 Å². The lowest BCUT2D eigenvalue weighted by atomic mass is 10.1. The van der Waals surface area contributed by atoms with Crippen molar-refractivity contribution < 1.29 is 14.3 Å². The molecule has 1 saturated carbocycles. The lowest BCUT2D eigenvalue weighted by Crippen LogP contribution is -2.36. The molecule has 30 heavy (non-hydrogen) atoms. The molecule has 0 radical (unpaired) electrons. The Labute approximate surface area is 184 Å². The predicted molar refractivity (Wildman–Crippen MR) is 122 cm³/mol. The second-order valence-electron chi connectivity index (χ2n) is 7.45. The van der Waals surface area contributed by atoms with Gasteiger partial charge in [0.05, 0.1) is 24.6 Å². The number of rotatable bonds is 6. The molecule has 6 nitrogen and oxygen atoms in total. The van der Waals surface area contributed by atoms with E-state index in [1.807, 2.05) is 30.3 Å². The molecule has 2 aromatic carbocycles. The van der Waals surface area contributed by atoms with Crippen LogP contribution in [0.5, 0.6) is 0 Å². The van der Waals surface area contributed by atoms with E-state index in [1.165, 1.54) is 6.08 Å². The molecule has 1 aliphatic heterocycles. The highest BCUT2D eigenvalue weighted by atomic mass is 79.9. The molecule has 2 aliphatic rings. The number of halogens is 1. The van der Waals surface area contributed by atoms with Gasteiger partial charge in [0.25, 0.3) is 5.91 Å². The molecule has 7 heteroatoms. The van der Waals surface area contributed by atoms with Crippen LogP contribution >= 0.6 is 15.9 Å². The molecule has 0 spiro atoms. The van der Waals surface area contributed by atoms with Gasteiger partial charge in [-0.2, -0.15) is 0 Å². The Bertz CT molecular complexity index is 949. The van der Waals surface area contributed by atoms with Gasteiger partial charge < -0.3 is 20.3 Å². The van der Waals surface area contributed by atoms with E-state index >= 15 is 0 Å². The van der Waals surface area contributed by atoms with Gasteiger partial charge in [0.1, 0.15) is 0 Å². The second kappa shape index (κ2) is 9.45. The summed E-state index contributed by atoms with van der Waals surface area (Å²) < 4.78 is 6.33. The van der Waals surface area contributed by atoms with Crippen LogP contribution in [0.2, 0.25) is 0 Å². The van der Waals surface area contributed by atoms with E-state index in [1.54, 1.807) is 18.2 Å². The summed E-state index contributed by atoms with van der Waals surface area (Å²) in [7, 11) is 0. The summed E-state index contributed by atoms with van der Waals surface area (Å²) >= 11 is 3.48. The van der Waals surface area contributed by atoms with Gasteiger partial charge in [0, 0.05) is 35.2 Å². The summed E-state index contributed by atoms with van der Waals surface area (Å²) in [6.45, 7) is 2.94. The monoisotopic (exact) mass is 469 g/mol. The van der Waals surface area contributed by atoms with Crippen molar-refractivity contribution in [3.63, 3.8) is 0 Å². The minimum Gasteiger partial charge on any atom is -0.378 e. The van der Waals surface area contributed by atoms with Gasteiger partial charge >= 0.3 is 0 Å². The molecule has 2 amide bonds. The van der Waals surface area contributed by atoms with Gasteiger partial charge in [-0.1, -0.05) is 28.1 Å². The van der Waals surface area contributed by atoms with Crippen LogP contribution in [0.3, 0.4) is 0 Å². The van der Waals surface area contributed by atoms with Gasteiger partial charge in [-0.15, -0.1) is 0 Å². The fourth-order valence-electron chi connectivity index (χ4n) is 3.28. The van der Waals surface area contributed by atoms with Gasteiger partial charge in [0.2, 0.25) is 5.91 Å². The van der Waals surface area contributed by atoms with E-state index in [0.717, 1.165) is 47.3 Å². The maximum Gasteiger partial charge on any atom is 0.251 e. The third-order valence-corrected chi connectivity index (χ3v) is 5.57. The Morgan fingerprint density at radius 1 is 1.07 bits per heavy atom. The van der Waals surface area contributed by atoms with Crippen LogP contribution in [0.1, 0.15) is 28.8 Å². The Morgan fingerprint density at radius 3 is 2.50 bits per heavy atom. The topological polar surface area (TPSA) is 70.7 Å². The van der Waals surface area contributed by atoms with Gasteiger partial charge in [0.15, 0.2) is 0 Å². The largest absolute Gasteiger partial charge is 0.378 e. The summed E-state index contributed by atoms with van der Waals surface area (Å²) in [6.07, 6.45) is 5.37. The van der Waals surface area contributed by atoms with Crippen LogP contribution in [-0.4, -0.2) is 44.2 Å². The number of carbonyl (C=O) groups excluding carboxylic acids is 2. The number of amides is 2. The number of hydrogen-bond donors (Lipinski definition) is 2. The first-order valence-corrected chi connectivity index (χ1v) is 10.9. The van der Waals surface area contributed by atoms with E-state index in [-0.39, 0.29) is 11.8 Å². The summed E-state index contributed by atoms with van der Waals surface area (Å²) in [5, 5.41) is 5.94. The van der Waals surface area contributed by atoms with Crippen molar-refractivity contribution in [1.82, 2.24) is 5.32 Å². The van der Waals surface area contributed by atoms with Crippen LogP contribution in [0, 0.1) is 0 Å². The quantitative estimate of drug-likeness (QED) is 0.630. The number of ether oxygens (including phenoxy) is 1. The summed E-state index contributed by atoms with van der Waals surface area (Å²) in [5.41, 5.74) is 3.23. The Morgan fingerprint density at radius 2 is 1.80 bits per heavy atom. The fraction of sp³-hybridized carbons (Fsp3) is 0.304. The van der Waals surface area contributed by atoms with Crippen LogP contribution in [0.15, 0.2) is 53.0 Å². The van der Waals surface area contributed by atoms with E-state index in [4.69, 9.17) is 4.74 Å². The standard InChI is InChI=1S/C23H24BrN3O3/c24-18-6-9-21(27-11-13-30-14-12-27)20(15-18)26-22(28)10-3-16-1-4-17(5-2-16)23(29)25-19-7-8-19/h1-6,9-10,15,19H,7-8,11-14H2,(H,25,29)(H,26,28)/b10-3+. The molecule has 0 unspecified atom stereocenters. The SMILES string of the molecule is O=C(/C=C/c1ccc(C(=O)NC2CC2)cc1)Nc1cc(Br)ccc1N1CCOCC1. The normalized spacial score (nSPS) is 16.5. The number of hydrogen-bond acceptors (Lipinski definition) is 4. The highest BCUT2D eigenvalue weighted by Gasteiger charge is 2.23. The molecule has 4 rings (SSSR count). The van der Waals surface area contributed by atoms with Crippen LogP contribution < -0.4 is 15.5 Å². The summed E-state index contributed by atoms with van der Waals surface area (Å²) in [5.74, 6) is -0.255. The second-order valence-corrected chi connectivity index (χ2v) is 8.37. The van der Waals surface area contributed by atoms with Crippen molar-refractivity contribution >= 4 is 45.2 Å². The van der Waals surface area contributed by atoms with E-state index in [2.05, 4.69) is 31.5 Å². The molecule has 2 aromatic rings. The third-order valence-electron chi connectivity index (χ3n) is 5.08. The molecular weight excluding hydrogens is 446 g/mol. The molecule has 2 N–H and O–H groups in total. The van der Waals surface area contributed by atoms with Crippen molar-refractivity contribution in [3.8, 4) is 0 Å². The van der Waals surface area contributed by atoms with Gasteiger partial charge in [-0.05, 0) is 54.8 Å². The maximum atomic E-state index is 12.5. The Hall–Kier alpha value is -2.64. The van der Waals surface area contributed by atoms with Crippen molar-refractivity contribution in [1.29, 1.82) is 0 Å². The Kier molecular flexibility index (Phi) is 6.50. The number of carbonyl (C=O) groups is 2. The lowest BCUT2D eigenvalue weighted by molar-refractivity contribution is -0.111. The van der Waals surface area contributed by atoms with Gasteiger partial charge in [-0.3, -0.25) is 9.59 Å². The zero-order valence-corrected chi connectivity index (χ0v) is 18.2. The average molecular weight is 470 g/mol. The summed E-state index contributed by atoms with van der Waals surface area (Å²) in [6, 6.07) is 13.4. The molecule has 1 aliphatic carbocycles. The predicted octanol–water partition coefficient (Wildman–Crippen LogP) is 3.83. The highest BCUT2D eigenvalue weighted by molar-refractivity contribution is 9.10. The molecular formula is C23H24BrN3O3. The first kappa shape index (κ1) is 20.6. The van der Waals surface area contributed by atoms with Crippen molar-refractivity contribution in [3.05, 3.63) is 64.1 Å². The zero-order chi connectivity index (χ0) is 20.9. The van der Waals surface area contributed by atoms with Crippen LogP contribution in [0.4, 0.5) is 11.4 Å². The minimum absolute atomic E-state index is 0.0453. The number of nitrogens with zero attached hydrogens (tertiary/aromatic N) is 1. The first-order chi connectivity index (χ1) is 14.6. The summed E-state index contributed by atoms with van der Waals surface area (Å²) in [4.78, 5) is 26.8. The molecule has 0 bridgehead atoms. The number of benzene rings is 2. The zero-order valence-electron chi connectivity index (χ0n) is 16.6. The van der Waals surface area contributed by atoms with Crippen molar-refractivity contribution in [2.45, 2.75) is 18.9 Å². The smallest absolute Gasteiger partial charge is 0.251 e. The Balaban J connectivity index is 1.40. The molecule has 1 saturated heterocycles. The fourth-order valence-corrected chi connectivity index (χ4v) is 3.64. The third kappa shape index (κ3) is 5.49. The number of anilines is 2. The lowest BCUT2D eigenvalue weighted by Gasteiger charge is -2.30. The molecule has 0 aromatic heterocycles. The van der Waals surface area contributed by atoms with Crippen LogP contribution in [-0.2, 0) is 9.53 Å². The van der Waals surface area contributed by atoms with E-state index in [9.17, 15) is 9.59 Å². The molecule has 2 fully saturated rings. The molecule has 156 valence electrons. The van der Waals surface area contributed by atoms with Crippen LogP contribution in [0.25, 0.3) is 6.08 Å². The van der Waals surface area contributed by atoms with Crippen molar-refractivity contribution in [2.75, 3.05) is 36.5 Å². The maximum absolute atomic E-state index is 12.5. The molecule has 0 atom stereocenters. The number of nitrogens with one attached hydrogen (secondary N) is 2. The van der Waals surface area contributed by atoms with E-state index < -0.39 is 0 Å². The number of morpholine rings is 1. The van der Waals surface area contributed by atoms with Gasteiger partial charge in [-0.25, -0.2) is 0 Å². The van der Waals surface area contributed by atoms with Crippen molar-refractivity contribution in [2.24, 2.45) is 0 Å². The average Bonchev–Trinajstić information content (AvgIpc) is 3.57.